The van der Waals surface area contributed by atoms with Crippen molar-refractivity contribution in [3.8, 4) is 5.88 Å². The second kappa shape index (κ2) is 5.65. The van der Waals surface area contributed by atoms with Crippen LogP contribution in [0.15, 0.2) is 0 Å². The molecule has 1 heterocycles. The van der Waals surface area contributed by atoms with E-state index in [-0.39, 0.29) is 6.10 Å². The van der Waals surface area contributed by atoms with Gasteiger partial charge in [-0.3, -0.25) is 0 Å². The normalized spacial score (nSPS) is 12.3. The Hall–Kier alpha value is -1.36. The Balaban J connectivity index is 2.90. The fraction of sp³-hybridized carbons (Fsp3) is 0.636. The molecule has 0 aliphatic rings. The summed E-state index contributed by atoms with van der Waals surface area (Å²) in [5, 5.41) is 3.02. The molecule has 0 radical (unpaired) electrons. The van der Waals surface area contributed by atoms with Gasteiger partial charge in [-0.05, 0) is 20.8 Å². The SMILES string of the molecule is CNc1nc(C)nc(OC(C)COC)c1C. The Labute approximate surface area is 96.2 Å². The summed E-state index contributed by atoms with van der Waals surface area (Å²) in [5.41, 5.74) is 0.913. The molecule has 0 aliphatic carbocycles. The number of nitrogens with zero attached hydrogens (tertiary/aromatic N) is 2. The van der Waals surface area contributed by atoms with Gasteiger partial charge in [0.1, 0.15) is 17.7 Å². The smallest absolute Gasteiger partial charge is 0.222 e. The van der Waals surface area contributed by atoms with Gasteiger partial charge in [-0.25, -0.2) is 4.98 Å². The van der Waals surface area contributed by atoms with E-state index in [1.807, 2.05) is 27.8 Å². The first-order valence-electron chi connectivity index (χ1n) is 5.27. The van der Waals surface area contributed by atoms with Crippen LogP contribution >= 0.6 is 0 Å². The van der Waals surface area contributed by atoms with E-state index >= 15 is 0 Å². The number of nitrogens with one attached hydrogen (secondary N) is 1. The Kier molecular flexibility index (Phi) is 4.49. The minimum atomic E-state index is -0.0253. The second-order valence-corrected chi connectivity index (χ2v) is 3.68. The van der Waals surface area contributed by atoms with E-state index in [2.05, 4.69) is 15.3 Å². The third-order valence-corrected chi connectivity index (χ3v) is 2.16. The molecular formula is C11H19N3O2. The molecule has 0 bridgehead atoms. The molecule has 0 aliphatic heterocycles. The van der Waals surface area contributed by atoms with Crippen molar-refractivity contribution in [2.45, 2.75) is 26.9 Å². The molecule has 90 valence electrons. The Morgan fingerprint density at radius 3 is 2.56 bits per heavy atom. The molecule has 0 amide bonds. The monoisotopic (exact) mass is 225 g/mol. The Bertz CT molecular complexity index is 355. The average molecular weight is 225 g/mol. The maximum atomic E-state index is 5.69. The van der Waals surface area contributed by atoms with Gasteiger partial charge in [0.15, 0.2) is 0 Å². The average Bonchev–Trinajstić information content (AvgIpc) is 2.23. The number of ether oxygens (including phenoxy) is 2. The van der Waals surface area contributed by atoms with Crippen molar-refractivity contribution < 1.29 is 9.47 Å². The lowest BCUT2D eigenvalue weighted by Gasteiger charge is -2.16. The molecule has 1 atom stereocenters. The quantitative estimate of drug-likeness (QED) is 0.824. The maximum absolute atomic E-state index is 5.69. The van der Waals surface area contributed by atoms with Gasteiger partial charge in [-0.15, -0.1) is 0 Å². The second-order valence-electron chi connectivity index (χ2n) is 3.68. The molecule has 0 spiro atoms. The first-order valence-corrected chi connectivity index (χ1v) is 5.27. The zero-order valence-corrected chi connectivity index (χ0v) is 10.5. The van der Waals surface area contributed by atoms with Gasteiger partial charge in [-0.1, -0.05) is 0 Å². The largest absolute Gasteiger partial charge is 0.472 e. The number of hydrogen-bond donors (Lipinski definition) is 1. The standard InChI is InChI=1S/C11H19N3O2/c1-7(6-15-5)16-11-8(2)10(12-4)13-9(3)14-11/h7H,6H2,1-5H3,(H,12,13,14). The molecule has 1 aromatic rings. The molecule has 0 saturated carbocycles. The number of aryl methyl sites for hydroxylation is 1. The van der Waals surface area contributed by atoms with Gasteiger partial charge >= 0.3 is 0 Å². The molecule has 1 unspecified atom stereocenters. The van der Waals surface area contributed by atoms with E-state index in [0.29, 0.717) is 18.3 Å². The number of anilines is 1. The number of methoxy groups -OCH3 is 1. The first kappa shape index (κ1) is 12.7. The molecule has 0 aromatic carbocycles. The van der Waals surface area contributed by atoms with Gasteiger partial charge < -0.3 is 14.8 Å². The minimum Gasteiger partial charge on any atom is -0.472 e. The lowest BCUT2D eigenvalue weighted by atomic mass is 10.3. The Morgan fingerprint density at radius 2 is 2.00 bits per heavy atom. The van der Waals surface area contributed by atoms with Crippen molar-refractivity contribution in [2.24, 2.45) is 0 Å². The summed E-state index contributed by atoms with van der Waals surface area (Å²) in [7, 11) is 3.48. The van der Waals surface area contributed by atoms with E-state index < -0.39 is 0 Å². The molecule has 5 nitrogen and oxygen atoms in total. The lowest BCUT2D eigenvalue weighted by Crippen LogP contribution is -2.20. The van der Waals surface area contributed by atoms with Gasteiger partial charge in [-0.2, -0.15) is 4.98 Å². The van der Waals surface area contributed by atoms with Gasteiger partial charge in [0.25, 0.3) is 0 Å². The third kappa shape index (κ3) is 3.06. The van der Waals surface area contributed by atoms with E-state index in [1.54, 1.807) is 7.11 Å². The van der Waals surface area contributed by atoms with Crippen LogP contribution in [0.2, 0.25) is 0 Å². The summed E-state index contributed by atoms with van der Waals surface area (Å²) in [6.45, 7) is 6.26. The van der Waals surface area contributed by atoms with Crippen LogP contribution in [0.25, 0.3) is 0 Å². The highest BCUT2D eigenvalue weighted by Gasteiger charge is 2.12. The van der Waals surface area contributed by atoms with Crippen molar-refractivity contribution in [2.75, 3.05) is 26.1 Å². The van der Waals surface area contributed by atoms with Crippen LogP contribution in [0.3, 0.4) is 0 Å². The van der Waals surface area contributed by atoms with Crippen molar-refractivity contribution in [1.29, 1.82) is 0 Å². The van der Waals surface area contributed by atoms with Crippen LogP contribution in [0.4, 0.5) is 5.82 Å². The van der Waals surface area contributed by atoms with E-state index in [4.69, 9.17) is 9.47 Å². The predicted octanol–water partition coefficient (Wildman–Crippen LogP) is 1.55. The predicted molar refractivity (Wildman–Crippen MR) is 63.0 cm³/mol. The summed E-state index contributed by atoms with van der Waals surface area (Å²) in [6.07, 6.45) is -0.0253. The fourth-order valence-corrected chi connectivity index (χ4v) is 1.42. The third-order valence-electron chi connectivity index (χ3n) is 2.16. The highest BCUT2D eigenvalue weighted by Crippen LogP contribution is 2.22. The molecular weight excluding hydrogens is 206 g/mol. The zero-order chi connectivity index (χ0) is 12.1. The summed E-state index contributed by atoms with van der Waals surface area (Å²) >= 11 is 0. The van der Waals surface area contributed by atoms with E-state index in [9.17, 15) is 0 Å². The van der Waals surface area contributed by atoms with E-state index in [1.165, 1.54) is 0 Å². The molecule has 0 saturated heterocycles. The summed E-state index contributed by atoms with van der Waals surface area (Å²) in [5.74, 6) is 2.10. The minimum absolute atomic E-state index is 0.0253. The summed E-state index contributed by atoms with van der Waals surface area (Å²) < 4.78 is 10.7. The number of aromatic nitrogens is 2. The van der Waals surface area contributed by atoms with Crippen molar-refractivity contribution >= 4 is 5.82 Å². The summed E-state index contributed by atoms with van der Waals surface area (Å²) in [4.78, 5) is 8.55. The maximum Gasteiger partial charge on any atom is 0.222 e. The Morgan fingerprint density at radius 1 is 1.31 bits per heavy atom. The number of rotatable bonds is 5. The van der Waals surface area contributed by atoms with E-state index in [0.717, 1.165) is 11.4 Å². The van der Waals surface area contributed by atoms with Crippen molar-refractivity contribution in [3.63, 3.8) is 0 Å². The molecule has 0 fully saturated rings. The van der Waals surface area contributed by atoms with Gasteiger partial charge in [0.05, 0.1) is 12.2 Å². The molecule has 1 rings (SSSR count). The molecule has 1 N–H and O–H groups in total. The highest BCUT2D eigenvalue weighted by molar-refractivity contribution is 5.47. The first-order chi connectivity index (χ1) is 7.58. The highest BCUT2D eigenvalue weighted by atomic mass is 16.5. The zero-order valence-electron chi connectivity index (χ0n) is 10.5. The molecule has 5 heteroatoms. The van der Waals surface area contributed by atoms with Crippen LogP contribution in [0.1, 0.15) is 18.3 Å². The van der Waals surface area contributed by atoms with Crippen molar-refractivity contribution in [3.05, 3.63) is 11.4 Å². The van der Waals surface area contributed by atoms with Crippen LogP contribution < -0.4 is 10.1 Å². The van der Waals surface area contributed by atoms with Crippen LogP contribution in [0.5, 0.6) is 5.88 Å². The van der Waals surface area contributed by atoms with Crippen LogP contribution in [-0.2, 0) is 4.74 Å². The lowest BCUT2D eigenvalue weighted by molar-refractivity contribution is 0.0883. The van der Waals surface area contributed by atoms with Gasteiger partial charge in [0.2, 0.25) is 5.88 Å². The van der Waals surface area contributed by atoms with Crippen LogP contribution in [-0.4, -0.2) is 36.8 Å². The number of hydrogen-bond acceptors (Lipinski definition) is 5. The summed E-state index contributed by atoms with van der Waals surface area (Å²) in [6, 6.07) is 0. The fourth-order valence-electron chi connectivity index (χ4n) is 1.42. The molecule has 16 heavy (non-hydrogen) atoms. The van der Waals surface area contributed by atoms with Crippen molar-refractivity contribution in [1.82, 2.24) is 9.97 Å². The van der Waals surface area contributed by atoms with Gasteiger partial charge in [0, 0.05) is 14.2 Å². The van der Waals surface area contributed by atoms with Crippen LogP contribution in [0, 0.1) is 13.8 Å². The topological polar surface area (TPSA) is 56.3 Å². The molecule has 1 aromatic heterocycles.